The van der Waals surface area contributed by atoms with Crippen molar-refractivity contribution >= 4 is 0 Å². The Hall–Kier alpha value is -1.83. The van der Waals surface area contributed by atoms with Gasteiger partial charge in [0, 0.05) is 5.56 Å². The third kappa shape index (κ3) is 2.84. The highest BCUT2D eigenvalue weighted by Crippen LogP contribution is 2.38. The first-order valence-corrected chi connectivity index (χ1v) is 7.03. The molecule has 0 aliphatic carbocycles. The molecular formula is C18H21FO. The molecule has 0 radical (unpaired) electrons. The number of phenolic OH excluding ortho intramolecular Hbond substituents is 1. The Labute approximate surface area is 120 Å². The molecular weight excluding hydrogens is 251 g/mol. The van der Waals surface area contributed by atoms with Gasteiger partial charge in [-0.3, -0.25) is 0 Å². The van der Waals surface area contributed by atoms with E-state index < -0.39 is 0 Å². The van der Waals surface area contributed by atoms with Crippen LogP contribution < -0.4 is 0 Å². The Morgan fingerprint density at radius 2 is 1.50 bits per heavy atom. The Morgan fingerprint density at radius 1 is 0.900 bits per heavy atom. The van der Waals surface area contributed by atoms with Crippen LogP contribution in [0.3, 0.4) is 0 Å². The van der Waals surface area contributed by atoms with Gasteiger partial charge < -0.3 is 5.11 Å². The van der Waals surface area contributed by atoms with Crippen molar-refractivity contribution in [3.05, 3.63) is 53.3 Å². The molecule has 2 rings (SSSR count). The lowest BCUT2D eigenvalue weighted by atomic mass is 9.89. The predicted molar refractivity (Wildman–Crippen MR) is 81.7 cm³/mol. The lowest BCUT2D eigenvalue weighted by molar-refractivity contribution is 0.466. The second-order valence-corrected chi connectivity index (χ2v) is 5.82. The van der Waals surface area contributed by atoms with E-state index in [4.69, 9.17) is 0 Å². The van der Waals surface area contributed by atoms with E-state index >= 15 is 0 Å². The SMILES string of the molecule is CC(C)c1cc(-c2ccc(F)cc2)c(O)c(C(C)C)c1. The first kappa shape index (κ1) is 14.6. The molecule has 0 aliphatic rings. The van der Waals surface area contributed by atoms with Gasteiger partial charge in [0.2, 0.25) is 0 Å². The summed E-state index contributed by atoms with van der Waals surface area (Å²) in [5, 5.41) is 10.5. The molecule has 2 heteroatoms. The van der Waals surface area contributed by atoms with Gasteiger partial charge in [-0.2, -0.15) is 0 Å². The maximum atomic E-state index is 13.1. The van der Waals surface area contributed by atoms with Crippen molar-refractivity contribution in [3.63, 3.8) is 0 Å². The minimum atomic E-state index is -0.266. The lowest BCUT2D eigenvalue weighted by Crippen LogP contribution is -1.96. The fourth-order valence-corrected chi connectivity index (χ4v) is 2.30. The molecule has 1 nitrogen and oxygen atoms in total. The third-order valence-corrected chi connectivity index (χ3v) is 3.61. The number of hydrogen-bond acceptors (Lipinski definition) is 1. The van der Waals surface area contributed by atoms with E-state index in [-0.39, 0.29) is 11.7 Å². The molecule has 1 N–H and O–H groups in total. The first-order chi connectivity index (χ1) is 9.40. The van der Waals surface area contributed by atoms with E-state index in [1.54, 1.807) is 12.1 Å². The first-order valence-electron chi connectivity index (χ1n) is 7.03. The molecule has 0 unspecified atom stereocenters. The fourth-order valence-electron chi connectivity index (χ4n) is 2.30. The minimum Gasteiger partial charge on any atom is -0.507 e. The van der Waals surface area contributed by atoms with Gasteiger partial charge in [-0.25, -0.2) is 4.39 Å². The summed E-state index contributed by atoms with van der Waals surface area (Å²) in [5.41, 5.74) is 3.74. The van der Waals surface area contributed by atoms with Crippen LogP contribution in [0.5, 0.6) is 5.75 Å². The molecule has 20 heavy (non-hydrogen) atoms. The zero-order valence-electron chi connectivity index (χ0n) is 12.4. The van der Waals surface area contributed by atoms with Crippen molar-refractivity contribution in [2.24, 2.45) is 0 Å². The highest BCUT2D eigenvalue weighted by atomic mass is 19.1. The molecule has 0 saturated heterocycles. The zero-order chi connectivity index (χ0) is 14.9. The van der Waals surface area contributed by atoms with Crippen LogP contribution in [0.2, 0.25) is 0 Å². The highest BCUT2D eigenvalue weighted by molar-refractivity contribution is 5.73. The fraction of sp³-hybridized carbons (Fsp3) is 0.333. The molecule has 0 saturated carbocycles. The molecule has 0 atom stereocenters. The molecule has 2 aromatic rings. The predicted octanol–water partition coefficient (Wildman–Crippen LogP) is 5.45. The lowest BCUT2D eigenvalue weighted by Gasteiger charge is -2.17. The summed E-state index contributed by atoms with van der Waals surface area (Å²) in [6, 6.07) is 10.3. The maximum Gasteiger partial charge on any atom is 0.126 e. The number of rotatable bonds is 3. The van der Waals surface area contributed by atoms with Crippen LogP contribution in [0.15, 0.2) is 36.4 Å². The molecule has 2 aromatic carbocycles. The van der Waals surface area contributed by atoms with E-state index in [1.807, 2.05) is 6.07 Å². The molecule has 0 fully saturated rings. The number of halogens is 1. The summed E-state index contributed by atoms with van der Waals surface area (Å²) in [6.07, 6.45) is 0. The average Bonchev–Trinajstić information content (AvgIpc) is 2.39. The van der Waals surface area contributed by atoms with E-state index in [0.29, 0.717) is 11.7 Å². The van der Waals surface area contributed by atoms with Crippen LogP contribution in [0.1, 0.15) is 50.7 Å². The van der Waals surface area contributed by atoms with E-state index in [9.17, 15) is 9.50 Å². The van der Waals surface area contributed by atoms with E-state index in [1.165, 1.54) is 17.7 Å². The smallest absolute Gasteiger partial charge is 0.126 e. The Bertz CT molecular complexity index is 598. The Morgan fingerprint density at radius 3 is 2.00 bits per heavy atom. The summed E-state index contributed by atoms with van der Waals surface area (Å²) in [5.74, 6) is 0.661. The van der Waals surface area contributed by atoms with Crippen LogP contribution in [-0.2, 0) is 0 Å². The van der Waals surface area contributed by atoms with Crippen molar-refractivity contribution in [3.8, 4) is 16.9 Å². The summed E-state index contributed by atoms with van der Waals surface area (Å²) < 4.78 is 13.1. The number of aromatic hydroxyl groups is 1. The number of hydrogen-bond donors (Lipinski definition) is 1. The van der Waals surface area contributed by atoms with Gasteiger partial charge in [-0.05, 0) is 46.7 Å². The molecule has 0 amide bonds. The zero-order valence-corrected chi connectivity index (χ0v) is 12.4. The summed E-state index contributed by atoms with van der Waals surface area (Å²) >= 11 is 0. The van der Waals surface area contributed by atoms with Gasteiger partial charge in [-0.1, -0.05) is 45.9 Å². The van der Waals surface area contributed by atoms with Gasteiger partial charge in [0.15, 0.2) is 0 Å². The molecule has 0 aromatic heterocycles. The van der Waals surface area contributed by atoms with Gasteiger partial charge in [0.05, 0.1) is 0 Å². The van der Waals surface area contributed by atoms with Crippen molar-refractivity contribution < 1.29 is 9.50 Å². The van der Waals surface area contributed by atoms with Crippen molar-refractivity contribution in [1.29, 1.82) is 0 Å². The average molecular weight is 272 g/mol. The largest absolute Gasteiger partial charge is 0.507 e. The maximum absolute atomic E-state index is 13.1. The number of phenols is 1. The van der Waals surface area contributed by atoms with E-state index in [2.05, 4.69) is 33.8 Å². The van der Waals surface area contributed by atoms with E-state index in [0.717, 1.165) is 16.7 Å². The topological polar surface area (TPSA) is 20.2 Å². The van der Waals surface area contributed by atoms with Crippen LogP contribution in [-0.4, -0.2) is 5.11 Å². The van der Waals surface area contributed by atoms with Gasteiger partial charge in [0.1, 0.15) is 11.6 Å². The minimum absolute atomic E-state index is 0.243. The van der Waals surface area contributed by atoms with Crippen molar-refractivity contribution in [2.75, 3.05) is 0 Å². The molecule has 0 aliphatic heterocycles. The van der Waals surface area contributed by atoms with Crippen molar-refractivity contribution in [2.45, 2.75) is 39.5 Å². The second kappa shape index (κ2) is 5.66. The van der Waals surface area contributed by atoms with Gasteiger partial charge in [0.25, 0.3) is 0 Å². The monoisotopic (exact) mass is 272 g/mol. The summed E-state index contributed by atoms with van der Waals surface area (Å²) in [6.45, 7) is 8.39. The Kier molecular flexibility index (Phi) is 4.12. The normalized spacial score (nSPS) is 11.3. The van der Waals surface area contributed by atoms with Gasteiger partial charge in [-0.15, -0.1) is 0 Å². The molecule has 106 valence electrons. The van der Waals surface area contributed by atoms with Crippen LogP contribution >= 0.6 is 0 Å². The van der Waals surface area contributed by atoms with Crippen LogP contribution in [0, 0.1) is 5.82 Å². The van der Waals surface area contributed by atoms with Crippen LogP contribution in [0.4, 0.5) is 4.39 Å². The summed E-state index contributed by atoms with van der Waals surface area (Å²) in [7, 11) is 0. The van der Waals surface area contributed by atoms with Crippen LogP contribution in [0.25, 0.3) is 11.1 Å². The summed E-state index contributed by atoms with van der Waals surface area (Å²) in [4.78, 5) is 0. The standard InChI is InChI=1S/C18H21FO/c1-11(2)14-9-16(12(3)4)18(20)17(10-14)13-5-7-15(19)8-6-13/h5-12,20H,1-4H3. The second-order valence-electron chi connectivity index (χ2n) is 5.82. The number of benzene rings is 2. The quantitative estimate of drug-likeness (QED) is 0.788. The van der Waals surface area contributed by atoms with Crippen molar-refractivity contribution in [1.82, 2.24) is 0 Å². The molecule has 0 heterocycles. The highest BCUT2D eigenvalue weighted by Gasteiger charge is 2.15. The molecule has 0 spiro atoms. The Balaban J connectivity index is 2.64. The third-order valence-electron chi connectivity index (χ3n) is 3.61. The van der Waals surface area contributed by atoms with Gasteiger partial charge >= 0.3 is 0 Å². The molecule has 0 bridgehead atoms.